The van der Waals surface area contributed by atoms with Crippen LogP contribution in [0.25, 0.3) is 0 Å². The van der Waals surface area contributed by atoms with Crippen molar-refractivity contribution in [3.63, 3.8) is 0 Å². The molecule has 1 saturated carbocycles. The molecule has 0 radical (unpaired) electrons. The van der Waals surface area contributed by atoms with Gasteiger partial charge in [0, 0.05) is 6.20 Å². The zero-order valence-corrected chi connectivity index (χ0v) is 5.75. The van der Waals surface area contributed by atoms with E-state index in [1.54, 1.807) is 0 Å². The van der Waals surface area contributed by atoms with Gasteiger partial charge in [-0.1, -0.05) is 0 Å². The first-order valence-corrected chi connectivity index (χ1v) is 3.60. The third-order valence-electron chi connectivity index (χ3n) is 2.17. The van der Waals surface area contributed by atoms with Gasteiger partial charge < -0.3 is 5.73 Å². The van der Waals surface area contributed by atoms with Gasteiger partial charge in [0.2, 0.25) is 0 Å². The van der Waals surface area contributed by atoms with Crippen LogP contribution >= 0.6 is 0 Å². The summed E-state index contributed by atoms with van der Waals surface area (Å²) in [4.78, 5) is 0. The molecule has 0 spiro atoms. The molecule has 1 aromatic heterocycles. The van der Waals surface area contributed by atoms with E-state index in [1.165, 1.54) is 12.0 Å². The Balaban J connectivity index is 2.05. The summed E-state index contributed by atoms with van der Waals surface area (Å²) in [5.41, 5.74) is 6.81. The lowest BCUT2D eigenvalue weighted by Gasteiger charge is -1.89. The first-order chi connectivity index (χ1) is 4.92. The molecule has 0 aliphatic heterocycles. The lowest BCUT2D eigenvalue weighted by Crippen LogP contribution is -2.01. The summed E-state index contributed by atoms with van der Waals surface area (Å²) in [6.45, 7) is 0.815. The number of aromatic nitrogens is 2. The first kappa shape index (κ1) is 5.92. The molecule has 0 saturated heterocycles. The Bertz CT molecular complexity index is 205. The van der Waals surface area contributed by atoms with Crippen molar-refractivity contribution in [2.75, 3.05) is 6.54 Å². The highest BCUT2D eigenvalue weighted by atomic mass is 15.1. The van der Waals surface area contributed by atoms with Gasteiger partial charge in [-0.05, 0) is 30.4 Å². The summed E-state index contributed by atoms with van der Waals surface area (Å²) in [7, 11) is 0. The second-order valence-corrected chi connectivity index (χ2v) is 2.87. The van der Waals surface area contributed by atoms with Crippen molar-refractivity contribution >= 4 is 0 Å². The van der Waals surface area contributed by atoms with E-state index in [1.807, 2.05) is 12.4 Å². The van der Waals surface area contributed by atoms with Gasteiger partial charge in [-0.2, -0.15) is 5.10 Å². The SMILES string of the molecule is NCC1CC1c1cn[nH]c1. The van der Waals surface area contributed by atoms with Gasteiger partial charge in [0.25, 0.3) is 0 Å². The Kier molecular flexibility index (Phi) is 1.24. The van der Waals surface area contributed by atoms with E-state index in [9.17, 15) is 0 Å². The number of rotatable bonds is 2. The molecule has 0 aromatic carbocycles. The van der Waals surface area contributed by atoms with E-state index in [0.29, 0.717) is 5.92 Å². The predicted molar refractivity (Wildman–Crippen MR) is 38.5 cm³/mol. The Labute approximate surface area is 59.6 Å². The monoisotopic (exact) mass is 137 g/mol. The molecule has 0 amide bonds. The molecule has 1 heterocycles. The van der Waals surface area contributed by atoms with Gasteiger partial charge in [0.1, 0.15) is 0 Å². The van der Waals surface area contributed by atoms with Crippen molar-refractivity contribution in [2.24, 2.45) is 11.7 Å². The van der Waals surface area contributed by atoms with Crippen LogP contribution in [0.1, 0.15) is 17.9 Å². The van der Waals surface area contributed by atoms with Crippen LogP contribution in [0.4, 0.5) is 0 Å². The highest BCUT2D eigenvalue weighted by molar-refractivity contribution is 5.19. The molecule has 1 aliphatic rings. The van der Waals surface area contributed by atoms with Gasteiger partial charge in [0.05, 0.1) is 6.20 Å². The highest BCUT2D eigenvalue weighted by Crippen LogP contribution is 2.46. The second kappa shape index (κ2) is 2.09. The van der Waals surface area contributed by atoms with E-state index in [0.717, 1.165) is 12.5 Å². The summed E-state index contributed by atoms with van der Waals surface area (Å²) < 4.78 is 0. The van der Waals surface area contributed by atoms with Gasteiger partial charge in [-0.25, -0.2) is 0 Å². The van der Waals surface area contributed by atoms with Gasteiger partial charge in [0.15, 0.2) is 0 Å². The molecular weight excluding hydrogens is 126 g/mol. The van der Waals surface area contributed by atoms with Gasteiger partial charge in [-0.15, -0.1) is 0 Å². The lowest BCUT2D eigenvalue weighted by atomic mass is 10.2. The molecule has 3 heteroatoms. The minimum absolute atomic E-state index is 0.698. The number of nitrogens with two attached hydrogens (primary N) is 1. The Morgan fingerprint density at radius 1 is 1.80 bits per heavy atom. The largest absolute Gasteiger partial charge is 0.330 e. The van der Waals surface area contributed by atoms with Crippen LogP contribution in [-0.2, 0) is 0 Å². The number of nitrogens with one attached hydrogen (secondary N) is 1. The van der Waals surface area contributed by atoms with Crippen molar-refractivity contribution in [3.8, 4) is 0 Å². The third kappa shape index (κ3) is 0.827. The van der Waals surface area contributed by atoms with Crippen LogP contribution in [-0.4, -0.2) is 16.7 Å². The fourth-order valence-electron chi connectivity index (χ4n) is 1.38. The van der Waals surface area contributed by atoms with Gasteiger partial charge >= 0.3 is 0 Å². The number of H-pyrrole nitrogens is 1. The van der Waals surface area contributed by atoms with Crippen LogP contribution in [0.2, 0.25) is 0 Å². The maximum Gasteiger partial charge on any atom is 0.0522 e. The first-order valence-electron chi connectivity index (χ1n) is 3.60. The third-order valence-corrected chi connectivity index (χ3v) is 2.17. The maximum absolute atomic E-state index is 5.50. The molecule has 2 atom stereocenters. The zero-order valence-electron chi connectivity index (χ0n) is 5.75. The molecule has 3 N–H and O–H groups in total. The van der Waals surface area contributed by atoms with Gasteiger partial charge in [-0.3, -0.25) is 5.10 Å². The average Bonchev–Trinajstić information content (AvgIpc) is 2.56. The fraction of sp³-hybridized carbons (Fsp3) is 0.571. The number of aromatic amines is 1. The standard InChI is InChI=1S/C7H11N3/c8-2-5-1-7(5)6-3-9-10-4-6/h3-5,7H,1-2,8H2,(H,9,10). The van der Waals surface area contributed by atoms with E-state index >= 15 is 0 Å². The maximum atomic E-state index is 5.50. The molecular formula is C7H11N3. The summed E-state index contributed by atoms with van der Waals surface area (Å²) in [5, 5.41) is 6.69. The normalized spacial score (nSPS) is 30.5. The van der Waals surface area contributed by atoms with E-state index in [2.05, 4.69) is 10.2 Å². The highest BCUT2D eigenvalue weighted by Gasteiger charge is 2.37. The molecule has 54 valence electrons. The van der Waals surface area contributed by atoms with E-state index < -0.39 is 0 Å². The smallest absolute Gasteiger partial charge is 0.0522 e. The minimum atomic E-state index is 0.698. The van der Waals surface area contributed by atoms with Crippen LogP contribution in [0.15, 0.2) is 12.4 Å². The molecule has 1 fully saturated rings. The van der Waals surface area contributed by atoms with Crippen molar-refractivity contribution in [1.82, 2.24) is 10.2 Å². The van der Waals surface area contributed by atoms with Crippen LogP contribution < -0.4 is 5.73 Å². The molecule has 2 rings (SSSR count). The van der Waals surface area contributed by atoms with Crippen LogP contribution in [0.5, 0.6) is 0 Å². The van der Waals surface area contributed by atoms with Crippen molar-refractivity contribution in [1.29, 1.82) is 0 Å². The van der Waals surface area contributed by atoms with Crippen LogP contribution in [0.3, 0.4) is 0 Å². The quantitative estimate of drug-likeness (QED) is 0.622. The summed E-state index contributed by atoms with van der Waals surface area (Å²) in [6.07, 6.45) is 5.09. The van der Waals surface area contributed by atoms with Crippen molar-refractivity contribution in [2.45, 2.75) is 12.3 Å². The van der Waals surface area contributed by atoms with E-state index in [4.69, 9.17) is 5.73 Å². The summed E-state index contributed by atoms with van der Waals surface area (Å²) in [5.74, 6) is 1.42. The fourth-order valence-corrected chi connectivity index (χ4v) is 1.38. The molecule has 3 nitrogen and oxygen atoms in total. The Morgan fingerprint density at radius 2 is 2.70 bits per heavy atom. The Morgan fingerprint density at radius 3 is 3.20 bits per heavy atom. The lowest BCUT2D eigenvalue weighted by molar-refractivity contribution is 0.810. The second-order valence-electron chi connectivity index (χ2n) is 2.87. The number of nitrogens with zero attached hydrogens (tertiary/aromatic N) is 1. The number of hydrogen-bond donors (Lipinski definition) is 2. The van der Waals surface area contributed by atoms with E-state index in [-0.39, 0.29) is 0 Å². The average molecular weight is 137 g/mol. The minimum Gasteiger partial charge on any atom is -0.330 e. The molecule has 2 unspecified atom stereocenters. The molecule has 1 aliphatic carbocycles. The Hall–Kier alpha value is -0.830. The molecule has 10 heavy (non-hydrogen) atoms. The zero-order chi connectivity index (χ0) is 6.97. The number of hydrogen-bond acceptors (Lipinski definition) is 2. The summed E-state index contributed by atoms with van der Waals surface area (Å²) >= 11 is 0. The van der Waals surface area contributed by atoms with Crippen molar-refractivity contribution < 1.29 is 0 Å². The topological polar surface area (TPSA) is 54.7 Å². The summed E-state index contributed by atoms with van der Waals surface area (Å²) in [6, 6.07) is 0. The predicted octanol–water partition coefficient (Wildman–Crippen LogP) is 0.472. The molecule has 0 bridgehead atoms. The van der Waals surface area contributed by atoms with Crippen molar-refractivity contribution in [3.05, 3.63) is 18.0 Å². The van der Waals surface area contributed by atoms with Crippen LogP contribution in [0, 0.1) is 5.92 Å². The molecule has 1 aromatic rings.